The number of thiophene rings is 1. The fourth-order valence-electron chi connectivity index (χ4n) is 4.59. The summed E-state index contributed by atoms with van der Waals surface area (Å²) in [6, 6.07) is 8.54. The van der Waals surface area contributed by atoms with Gasteiger partial charge in [0.1, 0.15) is 10.3 Å². The smallest absolute Gasteiger partial charge is 0.306 e. The molecule has 1 aliphatic heterocycles. The van der Waals surface area contributed by atoms with Crippen LogP contribution in [0.1, 0.15) is 33.6 Å². The molecule has 2 N–H and O–H groups in total. The van der Waals surface area contributed by atoms with Gasteiger partial charge >= 0.3 is 6.03 Å². The molecule has 2 aromatic heterocycles. The summed E-state index contributed by atoms with van der Waals surface area (Å²) in [5.74, 6) is 0. The van der Waals surface area contributed by atoms with Gasteiger partial charge in [-0.3, -0.25) is 4.98 Å². The number of pyridine rings is 1. The minimum absolute atomic E-state index is 0. The van der Waals surface area contributed by atoms with Gasteiger partial charge < -0.3 is 10.2 Å². The molecule has 175 valence electrons. The molecule has 0 fully saturated rings. The first-order chi connectivity index (χ1) is 16.3. The Hall–Kier alpha value is -2.26. The van der Waals surface area contributed by atoms with Crippen LogP contribution >= 0.6 is 11.3 Å². The zero-order valence-corrected chi connectivity index (χ0v) is 23.2. The zero-order chi connectivity index (χ0) is 23.9. The number of sulfonamides is 1. The molecule has 3 heterocycles. The fourth-order valence-corrected chi connectivity index (χ4v) is 7.04. The van der Waals surface area contributed by atoms with Crippen LogP contribution in [0.4, 0.5) is 10.5 Å². The van der Waals surface area contributed by atoms with Gasteiger partial charge in [-0.1, -0.05) is 12.1 Å². The van der Waals surface area contributed by atoms with Crippen LogP contribution < -0.4 is 10.0 Å². The molecular weight excluding hydrogens is 493 g/mol. The normalized spacial score (nSPS) is 14.9. The summed E-state index contributed by atoms with van der Waals surface area (Å²) in [7, 11) is -2.01. The van der Waals surface area contributed by atoms with Crippen molar-refractivity contribution >= 4 is 62.6 Å². The summed E-state index contributed by atoms with van der Waals surface area (Å²) in [5, 5.41) is 12.0. The number of hydrogen-bond donors (Lipinski definition) is 2. The number of urea groups is 1. The Balaban J connectivity index is 0.00000289. The average molecular weight is 517 g/mol. The standard InChI is InChI=1S/C24H23N5O3S2.Na/c1-29-8-7-21-18(14-29)10-22(33-21)34(31,32)28-24(30)27-23-19-4-2-3-16(19)5-6-20(23)17-9-15(11-25)12-26-13-17;/h5-6,9-10,12-13H,2-4,7-8,14H2,1H3,(H2,27,28,30);. The summed E-state index contributed by atoms with van der Waals surface area (Å²) < 4.78 is 28.3. The number of nitrogens with zero attached hydrogens (tertiary/aromatic N) is 3. The van der Waals surface area contributed by atoms with E-state index in [1.54, 1.807) is 18.3 Å². The number of nitriles is 1. The topological polar surface area (TPSA) is 115 Å². The Morgan fingerprint density at radius 1 is 1.17 bits per heavy atom. The first kappa shape index (κ1) is 25.8. The molecule has 8 nitrogen and oxygen atoms in total. The number of nitrogens with one attached hydrogen (secondary N) is 2. The van der Waals surface area contributed by atoms with E-state index in [4.69, 9.17) is 0 Å². The largest absolute Gasteiger partial charge is 0.333 e. The van der Waals surface area contributed by atoms with Crippen LogP contribution in [0.25, 0.3) is 11.1 Å². The van der Waals surface area contributed by atoms with Crippen LogP contribution in [-0.4, -0.2) is 67.5 Å². The second kappa shape index (κ2) is 10.4. The molecule has 2 amide bonds. The summed E-state index contributed by atoms with van der Waals surface area (Å²) in [5.41, 5.74) is 5.46. The molecule has 0 saturated carbocycles. The van der Waals surface area contributed by atoms with Crippen LogP contribution in [-0.2, 0) is 35.8 Å². The van der Waals surface area contributed by atoms with Crippen molar-refractivity contribution in [2.45, 2.75) is 36.4 Å². The number of carbonyl (C=O) groups is 1. The van der Waals surface area contributed by atoms with E-state index < -0.39 is 16.1 Å². The van der Waals surface area contributed by atoms with E-state index in [2.05, 4.69) is 26.0 Å². The van der Waals surface area contributed by atoms with E-state index >= 15 is 0 Å². The van der Waals surface area contributed by atoms with Crippen LogP contribution in [0, 0.1) is 11.3 Å². The predicted molar refractivity (Wildman–Crippen MR) is 136 cm³/mol. The van der Waals surface area contributed by atoms with Gasteiger partial charge in [-0.05, 0) is 61.6 Å². The van der Waals surface area contributed by atoms with Crippen LogP contribution in [0.5, 0.6) is 0 Å². The van der Waals surface area contributed by atoms with Crippen molar-refractivity contribution in [1.82, 2.24) is 14.6 Å². The van der Waals surface area contributed by atoms with Gasteiger partial charge in [-0.2, -0.15) is 5.26 Å². The first-order valence-corrected chi connectivity index (χ1v) is 13.3. The summed E-state index contributed by atoms with van der Waals surface area (Å²) >= 11 is 1.22. The molecule has 1 radical (unpaired) electrons. The molecule has 5 rings (SSSR count). The quantitative estimate of drug-likeness (QED) is 0.515. The number of amides is 2. The minimum Gasteiger partial charge on any atom is -0.306 e. The Morgan fingerprint density at radius 3 is 2.80 bits per heavy atom. The number of likely N-dealkylation sites (N-methyl/N-ethyl adjacent to an activating group) is 1. The van der Waals surface area contributed by atoms with Gasteiger partial charge in [0.25, 0.3) is 10.0 Å². The molecule has 11 heteroatoms. The predicted octanol–water partition coefficient (Wildman–Crippen LogP) is 3.29. The number of aromatic nitrogens is 1. The summed E-state index contributed by atoms with van der Waals surface area (Å²) in [6.07, 6.45) is 6.54. The van der Waals surface area contributed by atoms with E-state index in [0.29, 0.717) is 28.9 Å². The Labute approximate surface area is 230 Å². The summed E-state index contributed by atoms with van der Waals surface area (Å²) in [4.78, 5) is 20.2. The first-order valence-electron chi connectivity index (χ1n) is 11.0. The molecule has 0 unspecified atom stereocenters. The van der Waals surface area contributed by atoms with Gasteiger partial charge in [0, 0.05) is 71.0 Å². The van der Waals surface area contributed by atoms with Crippen molar-refractivity contribution in [2.75, 3.05) is 18.9 Å². The van der Waals surface area contributed by atoms with Crippen LogP contribution in [0.3, 0.4) is 0 Å². The van der Waals surface area contributed by atoms with Crippen molar-refractivity contribution in [2.24, 2.45) is 0 Å². The van der Waals surface area contributed by atoms with E-state index in [1.807, 2.05) is 19.2 Å². The monoisotopic (exact) mass is 516 g/mol. The van der Waals surface area contributed by atoms with Crippen LogP contribution in [0.15, 0.2) is 40.9 Å². The molecule has 0 atom stereocenters. The Kier molecular flexibility index (Phi) is 7.66. The maximum Gasteiger partial charge on any atom is 0.333 e. The van der Waals surface area contributed by atoms with Gasteiger partial charge in [0.15, 0.2) is 0 Å². The number of carbonyl (C=O) groups excluding carboxylic acids is 1. The second-order valence-corrected chi connectivity index (χ2v) is 11.7. The van der Waals surface area contributed by atoms with Crippen molar-refractivity contribution in [3.05, 3.63) is 63.8 Å². The maximum absolute atomic E-state index is 13.0. The third-order valence-electron chi connectivity index (χ3n) is 6.23. The number of anilines is 1. The van der Waals surface area contributed by atoms with Crippen molar-refractivity contribution < 1.29 is 13.2 Å². The molecule has 1 aliphatic carbocycles. The maximum atomic E-state index is 13.0. The zero-order valence-electron chi connectivity index (χ0n) is 19.6. The number of benzene rings is 1. The van der Waals surface area contributed by atoms with E-state index in [9.17, 15) is 18.5 Å². The molecule has 35 heavy (non-hydrogen) atoms. The van der Waals surface area contributed by atoms with E-state index in [-0.39, 0.29) is 33.8 Å². The third kappa shape index (κ3) is 5.31. The van der Waals surface area contributed by atoms with Gasteiger partial charge in [0.2, 0.25) is 0 Å². The van der Waals surface area contributed by atoms with Crippen LogP contribution in [0.2, 0.25) is 0 Å². The molecule has 1 aromatic carbocycles. The van der Waals surface area contributed by atoms with Gasteiger partial charge in [-0.25, -0.2) is 17.9 Å². The summed E-state index contributed by atoms with van der Waals surface area (Å²) in [6.45, 7) is 1.58. The second-order valence-electron chi connectivity index (χ2n) is 8.61. The average Bonchev–Trinajstić information content (AvgIpc) is 3.46. The molecule has 2 aliphatic rings. The van der Waals surface area contributed by atoms with Gasteiger partial charge in [-0.15, -0.1) is 11.3 Å². The molecule has 0 saturated heterocycles. The molecule has 0 bridgehead atoms. The van der Waals surface area contributed by atoms with Gasteiger partial charge in [0.05, 0.1) is 11.3 Å². The number of rotatable bonds is 4. The number of fused-ring (bicyclic) bond motifs is 2. The SMILES string of the molecule is CN1CCc2sc(S(=O)(=O)NC(=O)Nc3c(-c4cncc(C#N)c4)ccc4c3CCC4)cc2C1.[Na]. The molecular formula is C24H23N5NaO3S2. The van der Waals surface area contributed by atoms with Crippen molar-refractivity contribution in [1.29, 1.82) is 5.26 Å². The Bertz CT molecular complexity index is 1450. The molecule has 0 spiro atoms. The molecule has 3 aromatic rings. The fraction of sp³-hybridized carbons (Fsp3) is 0.292. The van der Waals surface area contributed by atoms with Crippen molar-refractivity contribution in [3.63, 3.8) is 0 Å². The number of hydrogen-bond acceptors (Lipinski definition) is 7. The number of aryl methyl sites for hydroxylation is 1. The minimum atomic E-state index is -4.01. The Morgan fingerprint density at radius 2 is 2.00 bits per heavy atom. The van der Waals surface area contributed by atoms with E-state index in [0.717, 1.165) is 53.8 Å². The van der Waals surface area contributed by atoms with Crippen molar-refractivity contribution in [3.8, 4) is 17.2 Å². The van der Waals surface area contributed by atoms with E-state index in [1.165, 1.54) is 17.5 Å². The third-order valence-corrected chi connectivity index (χ3v) is 9.27.